The summed E-state index contributed by atoms with van der Waals surface area (Å²) in [5.41, 5.74) is 1.32. The van der Waals surface area contributed by atoms with Gasteiger partial charge in [0.1, 0.15) is 23.4 Å². The largest absolute Gasteiger partial charge is 0.493 e. The van der Waals surface area contributed by atoms with Crippen molar-refractivity contribution in [3.63, 3.8) is 0 Å². The first-order valence-corrected chi connectivity index (χ1v) is 13.2. The Hall–Kier alpha value is -4.12. The zero-order valence-electron chi connectivity index (χ0n) is 21.7. The summed E-state index contributed by atoms with van der Waals surface area (Å²) in [5, 5.41) is 14.0. The van der Waals surface area contributed by atoms with E-state index in [0.717, 1.165) is 18.4 Å². The van der Waals surface area contributed by atoms with Crippen molar-refractivity contribution in [2.45, 2.75) is 45.0 Å². The molecular formula is C28H31N5O6. The topological polar surface area (TPSA) is 128 Å². The third-order valence-corrected chi connectivity index (χ3v) is 6.98. The van der Waals surface area contributed by atoms with Gasteiger partial charge in [-0.25, -0.2) is 0 Å². The molecule has 2 atom stereocenters. The van der Waals surface area contributed by atoms with Gasteiger partial charge in [0.15, 0.2) is 6.61 Å². The molecule has 1 aliphatic carbocycles. The second-order valence-corrected chi connectivity index (χ2v) is 10.3. The minimum Gasteiger partial charge on any atom is -0.493 e. The van der Waals surface area contributed by atoms with Crippen LogP contribution in [0.3, 0.4) is 0 Å². The summed E-state index contributed by atoms with van der Waals surface area (Å²) in [6, 6.07) is 12.3. The zero-order chi connectivity index (χ0) is 26.8. The third-order valence-electron chi connectivity index (χ3n) is 6.98. The number of nitrogens with one attached hydrogen (secondary N) is 2. The van der Waals surface area contributed by atoms with Gasteiger partial charge in [-0.3, -0.25) is 14.5 Å². The van der Waals surface area contributed by atoms with Crippen LogP contribution >= 0.6 is 0 Å². The number of aromatic nitrogens is 2. The molecule has 2 aromatic carbocycles. The molecule has 1 aromatic heterocycles. The quantitative estimate of drug-likeness (QED) is 0.507. The summed E-state index contributed by atoms with van der Waals surface area (Å²) in [5.74, 6) is 2.63. The number of carbonyl (C=O) groups is 2. The lowest BCUT2D eigenvalue weighted by atomic mass is 10.1. The number of fused-ring (bicyclic) bond motifs is 7. The van der Waals surface area contributed by atoms with Crippen molar-refractivity contribution >= 4 is 11.8 Å². The molecule has 0 radical (unpaired) electrons. The second kappa shape index (κ2) is 10.9. The first-order valence-electron chi connectivity index (χ1n) is 13.2. The Morgan fingerprint density at radius 1 is 1.05 bits per heavy atom. The number of likely N-dealkylation sites (tertiary alicyclic amines) is 1. The Kier molecular flexibility index (Phi) is 7.06. The van der Waals surface area contributed by atoms with Crippen LogP contribution in [0, 0.1) is 12.8 Å². The van der Waals surface area contributed by atoms with Crippen molar-refractivity contribution < 1.29 is 28.2 Å². The van der Waals surface area contributed by atoms with Gasteiger partial charge in [0.25, 0.3) is 11.8 Å². The van der Waals surface area contributed by atoms with Crippen molar-refractivity contribution in [2.75, 3.05) is 26.3 Å². The molecule has 4 heterocycles. The van der Waals surface area contributed by atoms with E-state index in [2.05, 4.69) is 25.7 Å². The van der Waals surface area contributed by atoms with E-state index in [1.807, 2.05) is 24.3 Å². The van der Waals surface area contributed by atoms with E-state index < -0.39 is 0 Å². The minimum absolute atomic E-state index is 0.177. The Balaban J connectivity index is 1.26. The Bertz CT molecular complexity index is 1340. The average molecular weight is 534 g/mol. The molecule has 1 saturated carbocycles. The van der Waals surface area contributed by atoms with Gasteiger partial charge in [0, 0.05) is 38.2 Å². The van der Waals surface area contributed by atoms with Gasteiger partial charge >= 0.3 is 0 Å². The molecule has 3 aliphatic heterocycles. The van der Waals surface area contributed by atoms with Crippen molar-refractivity contribution in [1.82, 2.24) is 25.7 Å². The van der Waals surface area contributed by atoms with E-state index in [9.17, 15) is 9.59 Å². The predicted octanol–water partition coefficient (Wildman–Crippen LogP) is 2.24. The summed E-state index contributed by atoms with van der Waals surface area (Å²) < 4.78 is 23.6. The maximum atomic E-state index is 13.5. The maximum Gasteiger partial charge on any atom is 0.258 e. The zero-order valence-corrected chi connectivity index (χ0v) is 21.7. The number of aryl methyl sites for hydroxylation is 1. The van der Waals surface area contributed by atoms with Crippen LogP contribution in [-0.2, 0) is 17.9 Å². The molecule has 4 aliphatic rings. The SMILES string of the molecule is Cc1nnc(CN2C[C@@H]3NC(=O)c4cc(cc(OCC5CC5)c4)OCC(=O)NCc4ccc(cc4)O[C@H]3C2)o1. The van der Waals surface area contributed by atoms with Gasteiger partial charge in [-0.2, -0.15) is 0 Å². The molecule has 7 rings (SSSR count). The van der Waals surface area contributed by atoms with Crippen molar-refractivity contribution in [3.05, 3.63) is 65.4 Å². The van der Waals surface area contributed by atoms with Gasteiger partial charge in [0.2, 0.25) is 11.8 Å². The first-order chi connectivity index (χ1) is 19.0. The van der Waals surface area contributed by atoms with Crippen molar-refractivity contribution in [2.24, 2.45) is 5.92 Å². The number of hydrogen-bond acceptors (Lipinski definition) is 9. The van der Waals surface area contributed by atoms with Gasteiger partial charge in [-0.15, -0.1) is 10.2 Å². The molecule has 0 spiro atoms. The van der Waals surface area contributed by atoms with Gasteiger partial charge in [-0.05, 0) is 48.6 Å². The fraction of sp³-hybridized carbons (Fsp3) is 0.429. The Labute approximate surface area is 225 Å². The van der Waals surface area contributed by atoms with E-state index in [1.54, 1.807) is 25.1 Å². The Morgan fingerprint density at radius 3 is 2.67 bits per heavy atom. The molecule has 39 heavy (non-hydrogen) atoms. The van der Waals surface area contributed by atoms with Gasteiger partial charge in [-0.1, -0.05) is 12.1 Å². The molecule has 2 fully saturated rings. The number of nitrogens with zero attached hydrogens (tertiary/aromatic N) is 3. The lowest BCUT2D eigenvalue weighted by Crippen LogP contribution is -2.45. The predicted molar refractivity (Wildman–Crippen MR) is 138 cm³/mol. The highest BCUT2D eigenvalue weighted by Crippen LogP contribution is 2.31. The third kappa shape index (κ3) is 6.48. The highest BCUT2D eigenvalue weighted by Gasteiger charge is 2.36. The lowest BCUT2D eigenvalue weighted by molar-refractivity contribution is -0.123. The summed E-state index contributed by atoms with van der Waals surface area (Å²) in [4.78, 5) is 28.0. The number of amides is 2. The molecule has 1 saturated heterocycles. The van der Waals surface area contributed by atoms with E-state index in [1.165, 1.54) is 0 Å². The molecule has 2 N–H and O–H groups in total. The van der Waals surface area contributed by atoms with Crippen LogP contribution in [0.15, 0.2) is 46.9 Å². The highest BCUT2D eigenvalue weighted by atomic mass is 16.5. The van der Waals surface area contributed by atoms with Gasteiger partial charge in [0.05, 0.1) is 19.2 Å². The van der Waals surface area contributed by atoms with Crippen LogP contribution in [-0.4, -0.2) is 65.4 Å². The standard InChI is InChI=1S/C28H31N5O6/c1-17-31-32-27(38-17)14-33-12-24-25(13-33)39-21-6-4-18(5-7-21)11-29-26(34)16-37-23-9-20(28(35)30-24)8-22(10-23)36-15-19-2-3-19/h4-10,19,24-25H,2-3,11-16H2,1H3,(H,29,34)(H,30,35)/t24-,25-/m0/s1. The summed E-state index contributed by atoms with van der Waals surface area (Å²) in [6.07, 6.45) is 1.98. The summed E-state index contributed by atoms with van der Waals surface area (Å²) in [7, 11) is 0. The summed E-state index contributed by atoms with van der Waals surface area (Å²) >= 11 is 0. The number of benzene rings is 2. The first kappa shape index (κ1) is 25.2. The normalized spacial score (nSPS) is 21.8. The molecule has 11 heteroatoms. The molecule has 2 amide bonds. The molecule has 11 nitrogen and oxygen atoms in total. The van der Waals surface area contributed by atoms with E-state index in [-0.39, 0.29) is 30.6 Å². The van der Waals surface area contributed by atoms with Crippen LogP contribution in [0.1, 0.15) is 40.5 Å². The van der Waals surface area contributed by atoms with Crippen molar-refractivity contribution in [3.8, 4) is 17.2 Å². The molecule has 204 valence electrons. The van der Waals surface area contributed by atoms with E-state index in [0.29, 0.717) is 73.3 Å². The fourth-order valence-electron chi connectivity index (χ4n) is 4.71. The number of rotatable bonds is 5. The minimum atomic E-state index is -0.316. The number of ether oxygens (including phenoxy) is 3. The smallest absolute Gasteiger partial charge is 0.258 e. The number of hydrogen-bond donors (Lipinski definition) is 2. The average Bonchev–Trinajstić information content (AvgIpc) is 3.57. The van der Waals surface area contributed by atoms with Crippen LogP contribution in [0.2, 0.25) is 0 Å². The fourth-order valence-corrected chi connectivity index (χ4v) is 4.71. The van der Waals surface area contributed by atoms with E-state index >= 15 is 0 Å². The van der Waals surface area contributed by atoms with Crippen LogP contribution in [0.5, 0.6) is 17.2 Å². The second-order valence-electron chi connectivity index (χ2n) is 10.3. The summed E-state index contributed by atoms with van der Waals surface area (Å²) in [6.45, 7) is 4.08. The molecular weight excluding hydrogens is 502 g/mol. The lowest BCUT2D eigenvalue weighted by Gasteiger charge is -2.22. The highest BCUT2D eigenvalue weighted by molar-refractivity contribution is 5.95. The molecule has 0 unspecified atom stereocenters. The van der Waals surface area contributed by atoms with Crippen molar-refractivity contribution in [1.29, 1.82) is 0 Å². The van der Waals surface area contributed by atoms with Gasteiger partial charge < -0.3 is 29.3 Å². The maximum absolute atomic E-state index is 13.5. The number of carbonyl (C=O) groups excluding carboxylic acids is 2. The van der Waals surface area contributed by atoms with Crippen LogP contribution in [0.25, 0.3) is 0 Å². The molecule has 4 bridgehead atoms. The van der Waals surface area contributed by atoms with Crippen LogP contribution in [0.4, 0.5) is 0 Å². The monoisotopic (exact) mass is 533 g/mol. The van der Waals surface area contributed by atoms with Crippen LogP contribution < -0.4 is 24.8 Å². The molecule has 3 aromatic rings. The Morgan fingerprint density at radius 2 is 1.90 bits per heavy atom. The van der Waals surface area contributed by atoms with E-state index in [4.69, 9.17) is 18.6 Å².